The second-order valence-electron chi connectivity index (χ2n) is 7.72. The highest BCUT2D eigenvalue weighted by molar-refractivity contribution is 6.28. The maximum atomic E-state index is 13.2. The number of benzene rings is 2. The van der Waals surface area contributed by atoms with Crippen molar-refractivity contribution in [2.24, 2.45) is 0 Å². The van der Waals surface area contributed by atoms with E-state index in [1.807, 2.05) is 0 Å². The summed E-state index contributed by atoms with van der Waals surface area (Å²) in [7, 11) is 1.52. The Kier molecular flexibility index (Phi) is 6.40. The molecule has 0 spiro atoms. The summed E-state index contributed by atoms with van der Waals surface area (Å²) >= 11 is 6.12. The van der Waals surface area contributed by atoms with Crippen LogP contribution >= 0.6 is 11.6 Å². The summed E-state index contributed by atoms with van der Waals surface area (Å²) in [5.74, 6) is 1.28. The van der Waals surface area contributed by atoms with Crippen LogP contribution in [0.5, 0.6) is 11.5 Å². The number of rotatable bonds is 6. The van der Waals surface area contributed by atoms with Gasteiger partial charge in [-0.15, -0.1) is 0 Å². The van der Waals surface area contributed by atoms with Crippen LogP contribution < -0.4 is 20.5 Å². The highest BCUT2D eigenvalue weighted by atomic mass is 35.5. The van der Waals surface area contributed by atoms with Crippen molar-refractivity contribution in [1.29, 1.82) is 0 Å². The Hall–Kier alpha value is -2.98. The zero-order valence-electron chi connectivity index (χ0n) is 17.9. The molecule has 4 rings (SSSR count). The third kappa shape index (κ3) is 5.17. The van der Waals surface area contributed by atoms with Crippen LogP contribution in [0.15, 0.2) is 30.3 Å². The van der Waals surface area contributed by atoms with Crippen LogP contribution in [0.4, 0.5) is 24.7 Å². The Labute approximate surface area is 193 Å². The number of nitrogens with one attached hydrogen (secondary N) is 1. The van der Waals surface area contributed by atoms with Crippen LogP contribution in [-0.4, -0.2) is 36.4 Å². The van der Waals surface area contributed by atoms with Crippen molar-refractivity contribution in [1.82, 2.24) is 9.97 Å². The average molecular weight is 483 g/mol. The first-order valence-corrected chi connectivity index (χ1v) is 10.6. The van der Waals surface area contributed by atoms with Crippen molar-refractivity contribution in [3.05, 3.63) is 46.7 Å². The van der Waals surface area contributed by atoms with Crippen LogP contribution in [0.2, 0.25) is 5.28 Å². The van der Waals surface area contributed by atoms with E-state index in [-0.39, 0.29) is 17.1 Å². The van der Waals surface area contributed by atoms with E-state index >= 15 is 0 Å². The summed E-state index contributed by atoms with van der Waals surface area (Å²) in [5.41, 5.74) is 5.74. The van der Waals surface area contributed by atoms with E-state index in [1.54, 1.807) is 19.1 Å². The third-order valence-corrected chi connectivity index (χ3v) is 5.46. The fraction of sp³-hybridized carbons (Fsp3) is 0.364. The minimum Gasteiger partial charge on any atom is -0.493 e. The SMILES string of the molecule is COc1cc2nc(Cl)nc(N[C@H](C)c3cc(N)cc(C(F)(F)F)c3)c2cc1OC1CCOC1. The topological polar surface area (TPSA) is 91.5 Å². The lowest BCUT2D eigenvalue weighted by Crippen LogP contribution is -2.16. The van der Waals surface area contributed by atoms with E-state index in [1.165, 1.54) is 13.2 Å². The monoisotopic (exact) mass is 482 g/mol. The Balaban J connectivity index is 1.71. The number of nitrogens with two attached hydrogens (primary N) is 1. The molecule has 1 saturated heterocycles. The molecule has 1 unspecified atom stereocenters. The Morgan fingerprint density at radius 2 is 1.97 bits per heavy atom. The lowest BCUT2D eigenvalue weighted by molar-refractivity contribution is -0.137. The quantitative estimate of drug-likeness (QED) is 0.367. The van der Waals surface area contributed by atoms with E-state index < -0.39 is 17.8 Å². The minimum absolute atomic E-state index is 0.0123. The van der Waals surface area contributed by atoms with Gasteiger partial charge >= 0.3 is 6.18 Å². The lowest BCUT2D eigenvalue weighted by Gasteiger charge is -2.20. The van der Waals surface area contributed by atoms with Crippen LogP contribution in [0.3, 0.4) is 0 Å². The Bertz CT molecular complexity index is 1170. The molecular weight excluding hydrogens is 461 g/mol. The molecule has 2 atom stereocenters. The largest absolute Gasteiger partial charge is 0.493 e. The molecule has 2 heterocycles. The second kappa shape index (κ2) is 9.11. The van der Waals surface area contributed by atoms with Crippen molar-refractivity contribution in [2.45, 2.75) is 31.7 Å². The molecule has 176 valence electrons. The van der Waals surface area contributed by atoms with Gasteiger partial charge in [-0.2, -0.15) is 13.2 Å². The molecule has 1 fully saturated rings. The first-order valence-electron chi connectivity index (χ1n) is 10.2. The van der Waals surface area contributed by atoms with Crippen molar-refractivity contribution in [3.8, 4) is 11.5 Å². The molecule has 33 heavy (non-hydrogen) atoms. The number of ether oxygens (including phenoxy) is 3. The van der Waals surface area contributed by atoms with Gasteiger partial charge in [0.05, 0.1) is 37.4 Å². The van der Waals surface area contributed by atoms with Gasteiger partial charge in [0.1, 0.15) is 11.9 Å². The lowest BCUT2D eigenvalue weighted by atomic mass is 10.0. The second-order valence-corrected chi connectivity index (χ2v) is 8.06. The number of nitrogen functional groups attached to an aromatic ring is 1. The number of aromatic nitrogens is 2. The number of hydrogen-bond acceptors (Lipinski definition) is 7. The maximum absolute atomic E-state index is 13.2. The maximum Gasteiger partial charge on any atom is 0.416 e. The smallest absolute Gasteiger partial charge is 0.416 e. The number of anilines is 2. The number of methoxy groups -OCH3 is 1. The number of halogens is 4. The van der Waals surface area contributed by atoms with Crippen LogP contribution in [0.1, 0.15) is 30.5 Å². The first-order chi connectivity index (χ1) is 15.6. The van der Waals surface area contributed by atoms with Gasteiger partial charge in [0.2, 0.25) is 5.28 Å². The van der Waals surface area contributed by atoms with Crippen molar-refractivity contribution in [2.75, 3.05) is 31.4 Å². The summed E-state index contributed by atoms with van der Waals surface area (Å²) in [6.45, 7) is 2.79. The first kappa shape index (κ1) is 23.2. The number of hydrogen-bond donors (Lipinski definition) is 2. The van der Waals surface area contributed by atoms with Gasteiger partial charge in [0.15, 0.2) is 11.5 Å². The highest BCUT2D eigenvalue weighted by Gasteiger charge is 2.31. The molecule has 7 nitrogen and oxygen atoms in total. The molecule has 3 aromatic rings. The molecule has 0 saturated carbocycles. The van der Waals surface area contributed by atoms with Gasteiger partial charge in [-0.1, -0.05) is 0 Å². The zero-order chi connectivity index (χ0) is 23.8. The summed E-state index contributed by atoms with van der Waals surface area (Å²) in [6, 6.07) is 6.26. The molecular formula is C22H22ClF3N4O3. The van der Waals surface area contributed by atoms with Crippen LogP contribution in [0, 0.1) is 0 Å². The van der Waals surface area contributed by atoms with Gasteiger partial charge in [-0.05, 0) is 48.4 Å². The molecule has 1 aromatic heterocycles. The molecule has 0 amide bonds. The summed E-state index contributed by atoms with van der Waals surface area (Å²) < 4.78 is 56.5. The summed E-state index contributed by atoms with van der Waals surface area (Å²) in [5, 5.41) is 3.67. The molecule has 0 bridgehead atoms. The molecule has 1 aliphatic rings. The third-order valence-electron chi connectivity index (χ3n) is 5.29. The molecule has 0 aliphatic carbocycles. The van der Waals surface area contributed by atoms with E-state index in [4.69, 9.17) is 31.5 Å². The molecule has 2 aromatic carbocycles. The minimum atomic E-state index is -4.51. The normalized spacial score (nSPS) is 17.2. The van der Waals surface area contributed by atoms with Gasteiger partial charge in [-0.25, -0.2) is 9.97 Å². The van der Waals surface area contributed by atoms with Crippen molar-refractivity contribution >= 4 is 34.0 Å². The molecule has 11 heteroatoms. The number of nitrogens with zero attached hydrogens (tertiary/aromatic N) is 2. The van der Waals surface area contributed by atoms with Gasteiger partial charge in [-0.3, -0.25) is 0 Å². The molecule has 0 radical (unpaired) electrons. The summed E-state index contributed by atoms with van der Waals surface area (Å²) in [6.07, 6.45) is -3.88. The Morgan fingerprint density at radius 1 is 1.18 bits per heavy atom. The van der Waals surface area contributed by atoms with Crippen LogP contribution in [0.25, 0.3) is 10.9 Å². The zero-order valence-corrected chi connectivity index (χ0v) is 18.6. The van der Waals surface area contributed by atoms with Crippen LogP contribution in [-0.2, 0) is 10.9 Å². The van der Waals surface area contributed by atoms with Crippen molar-refractivity contribution in [3.63, 3.8) is 0 Å². The average Bonchev–Trinajstić information content (AvgIpc) is 3.25. The highest BCUT2D eigenvalue weighted by Crippen LogP contribution is 2.38. The fourth-order valence-corrected chi connectivity index (χ4v) is 3.81. The summed E-state index contributed by atoms with van der Waals surface area (Å²) in [4.78, 5) is 8.50. The molecule has 1 aliphatic heterocycles. The number of alkyl halides is 3. The van der Waals surface area contributed by atoms with E-state index in [2.05, 4.69) is 15.3 Å². The van der Waals surface area contributed by atoms with Gasteiger partial charge in [0.25, 0.3) is 0 Å². The standard InChI is InChI=1S/C22H22ClF3N4O3/c1-11(12-5-13(22(24,25)26)7-14(27)6-12)28-20-16-8-19(33-15-3-4-32-10-15)18(31-2)9-17(16)29-21(23)30-20/h5-9,11,15H,3-4,10,27H2,1-2H3,(H,28,29,30)/t11-,15?/m1/s1. The molecule has 3 N–H and O–H groups in total. The van der Waals surface area contributed by atoms with E-state index in [9.17, 15) is 13.2 Å². The van der Waals surface area contributed by atoms with Gasteiger partial charge in [0, 0.05) is 23.6 Å². The van der Waals surface area contributed by atoms with E-state index in [0.717, 1.165) is 18.6 Å². The van der Waals surface area contributed by atoms with E-state index in [0.29, 0.717) is 47.0 Å². The predicted octanol–water partition coefficient (Wildman–Crippen LogP) is 5.23. The predicted molar refractivity (Wildman–Crippen MR) is 119 cm³/mol. The van der Waals surface area contributed by atoms with Gasteiger partial charge < -0.3 is 25.3 Å². The number of fused-ring (bicyclic) bond motifs is 1. The van der Waals surface area contributed by atoms with Crippen molar-refractivity contribution < 1.29 is 27.4 Å². The fourth-order valence-electron chi connectivity index (χ4n) is 3.63. The Morgan fingerprint density at radius 3 is 2.64 bits per heavy atom.